The lowest BCUT2D eigenvalue weighted by Gasteiger charge is -2.13. The number of sulfonamides is 1. The van der Waals surface area contributed by atoms with Gasteiger partial charge in [0.05, 0.1) is 10.4 Å². The van der Waals surface area contributed by atoms with Crippen LogP contribution in [-0.2, 0) is 16.6 Å². The van der Waals surface area contributed by atoms with Crippen LogP contribution in [0.1, 0.15) is 30.0 Å². The Kier molecular flexibility index (Phi) is 5.86. The first kappa shape index (κ1) is 22.5. The molecular weight excluding hydrogens is 469 g/mol. The summed E-state index contributed by atoms with van der Waals surface area (Å²) in [7, 11) is -3.96. The molecule has 2 heterocycles. The summed E-state index contributed by atoms with van der Waals surface area (Å²) in [5.74, 6) is 0.303. The fourth-order valence-electron chi connectivity index (χ4n) is 3.09. The fourth-order valence-corrected chi connectivity index (χ4v) is 4.02. The average molecular weight is 487 g/mol. The normalized spacial score (nSPS) is 14.5. The molecule has 0 saturated heterocycles. The standard InChI is InChI=1S/C19H18ClF3N6O2S/c20-12-5-10(6-13(7-12)32(24,30)31)8-25-18-28-15-4-3-14(11-1-2-11)27-16(15)17(29-18)26-9-19(21,22)23/h3-7,11H,1-2,8-9H2,(H2,24,30,31)(H2,25,26,28,29). The van der Waals surface area contributed by atoms with E-state index in [0.29, 0.717) is 17.0 Å². The van der Waals surface area contributed by atoms with Gasteiger partial charge < -0.3 is 10.6 Å². The maximum Gasteiger partial charge on any atom is 0.405 e. The van der Waals surface area contributed by atoms with E-state index in [2.05, 4.69) is 25.6 Å². The highest BCUT2D eigenvalue weighted by Gasteiger charge is 2.28. The Morgan fingerprint density at radius 1 is 1.09 bits per heavy atom. The molecule has 1 aliphatic carbocycles. The van der Waals surface area contributed by atoms with Gasteiger partial charge in [-0.05, 0) is 48.7 Å². The van der Waals surface area contributed by atoms with Crippen LogP contribution in [0.15, 0.2) is 35.2 Å². The second-order valence-electron chi connectivity index (χ2n) is 7.44. The van der Waals surface area contributed by atoms with Gasteiger partial charge in [-0.2, -0.15) is 18.2 Å². The predicted octanol–water partition coefficient (Wildman–Crippen LogP) is 3.79. The maximum absolute atomic E-state index is 12.8. The van der Waals surface area contributed by atoms with E-state index in [9.17, 15) is 21.6 Å². The Morgan fingerprint density at radius 2 is 1.84 bits per heavy atom. The molecule has 2 aromatic heterocycles. The molecule has 0 bridgehead atoms. The van der Waals surface area contributed by atoms with E-state index in [1.54, 1.807) is 12.1 Å². The number of primary sulfonamides is 1. The SMILES string of the molecule is NS(=O)(=O)c1cc(Cl)cc(CNc2nc(NCC(F)(F)F)c3nc(C4CC4)ccc3n2)c1. The van der Waals surface area contributed by atoms with Gasteiger partial charge in [0.2, 0.25) is 16.0 Å². The topological polar surface area (TPSA) is 123 Å². The number of nitrogens with one attached hydrogen (secondary N) is 2. The predicted molar refractivity (Wildman–Crippen MR) is 114 cm³/mol. The molecule has 0 aliphatic heterocycles. The molecule has 4 N–H and O–H groups in total. The number of nitrogens with two attached hydrogens (primary N) is 1. The lowest BCUT2D eigenvalue weighted by molar-refractivity contribution is -0.115. The molecule has 1 saturated carbocycles. The minimum atomic E-state index is -4.44. The minimum absolute atomic E-state index is 0.0419. The first-order valence-electron chi connectivity index (χ1n) is 9.53. The van der Waals surface area contributed by atoms with Gasteiger partial charge >= 0.3 is 6.18 Å². The molecule has 0 amide bonds. The number of hydrogen-bond acceptors (Lipinski definition) is 7. The largest absolute Gasteiger partial charge is 0.405 e. The van der Waals surface area contributed by atoms with Gasteiger partial charge in [0.25, 0.3) is 0 Å². The van der Waals surface area contributed by atoms with E-state index in [4.69, 9.17) is 16.7 Å². The first-order valence-corrected chi connectivity index (χ1v) is 11.5. The molecule has 0 atom stereocenters. The lowest BCUT2D eigenvalue weighted by atomic mass is 10.2. The zero-order chi connectivity index (χ0) is 23.1. The maximum atomic E-state index is 12.8. The van der Waals surface area contributed by atoms with E-state index >= 15 is 0 Å². The van der Waals surface area contributed by atoms with Crippen molar-refractivity contribution in [3.63, 3.8) is 0 Å². The van der Waals surface area contributed by atoms with Crippen LogP contribution >= 0.6 is 11.6 Å². The summed E-state index contributed by atoms with van der Waals surface area (Å²) >= 11 is 5.97. The van der Waals surface area contributed by atoms with Crippen molar-refractivity contribution in [3.8, 4) is 0 Å². The van der Waals surface area contributed by atoms with Crippen molar-refractivity contribution < 1.29 is 21.6 Å². The van der Waals surface area contributed by atoms with Crippen molar-refractivity contribution in [3.05, 3.63) is 46.6 Å². The molecule has 1 aromatic carbocycles. The third-order valence-electron chi connectivity index (χ3n) is 4.73. The second-order valence-corrected chi connectivity index (χ2v) is 9.43. The summed E-state index contributed by atoms with van der Waals surface area (Å²) in [6.45, 7) is -1.22. The monoisotopic (exact) mass is 486 g/mol. The quantitative estimate of drug-likeness (QED) is 0.464. The summed E-state index contributed by atoms with van der Waals surface area (Å²) in [6.07, 6.45) is -2.46. The van der Waals surface area contributed by atoms with Crippen LogP contribution in [0, 0.1) is 0 Å². The molecule has 3 aromatic rings. The lowest BCUT2D eigenvalue weighted by Crippen LogP contribution is -2.22. The van der Waals surface area contributed by atoms with Gasteiger partial charge in [-0.3, -0.25) is 0 Å². The summed E-state index contributed by atoms with van der Waals surface area (Å²) in [6, 6.07) is 7.58. The number of hydrogen-bond donors (Lipinski definition) is 3. The molecule has 13 heteroatoms. The van der Waals surface area contributed by atoms with Crippen LogP contribution in [0.4, 0.5) is 24.9 Å². The zero-order valence-electron chi connectivity index (χ0n) is 16.4. The highest BCUT2D eigenvalue weighted by molar-refractivity contribution is 7.89. The van der Waals surface area contributed by atoms with Gasteiger partial charge in [0.15, 0.2) is 5.82 Å². The molecule has 170 valence electrons. The number of anilines is 2. The zero-order valence-corrected chi connectivity index (χ0v) is 18.0. The highest BCUT2D eigenvalue weighted by atomic mass is 35.5. The number of alkyl halides is 3. The third kappa shape index (κ3) is 5.56. The Morgan fingerprint density at radius 3 is 2.50 bits per heavy atom. The Balaban J connectivity index is 1.64. The smallest absolute Gasteiger partial charge is 0.359 e. The van der Waals surface area contributed by atoms with E-state index in [1.807, 2.05) is 0 Å². The first-order chi connectivity index (χ1) is 15.0. The minimum Gasteiger partial charge on any atom is -0.359 e. The molecule has 32 heavy (non-hydrogen) atoms. The Bertz CT molecular complexity index is 1280. The van der Waals surface area contributed by atoms with Crippen molar-refractivity contribution in [1.29, 1.82) is 0 Å². The van der Waals surface area contributed by atoms with Crippen LogP contribution in [0.5, 0.6) is 0 Å². The third-order valence-corrected chi connectivity index (χ3v) is 5.84. The number of pyridine rings is 1. The van der Waals surface area contributed by atoms with E-state index in [1.165, 1.54) is 18.2 Å². The van der Waals surface area contributed by atoms with E-state index in [0.717, 1.165) is 18.5 Å². The van der Waals surface area contributed by atoms with Crippen molar-refractivity contribution in [2.24, 2.45) is 5.14 Å². The second kappa shape index (κ2) is 8.34. The van der Waals surface area contributed by atoms with Gasteiger partial charge in [-0.1, -0.05) is 11.6 Å². The fraction of sp³-hybridized carbons (Fsp3) is 0.316. The molecule has 0 radical (unpaired) electrons. The van der Waals surface area contributed by atoms with Crippen LogP contribution in [0.25, 0.3) is 11.0 Å². The summed E-state index contributed by atoms with van der Waals surface area (Å²) in [5, 5.41) is 10.5. The number of halogens is 4. The average Bonchev–Trinajstić information content (AvgIpc) is 3.54. The number of benzene rings is 1. The number of fused-ring (bicyclic) bond motifs is 1. The van der Waals surface area contributed by atoms with E-state index in [-0.39, 0.29) is 33.7 Å². The van der Waals surface area contributed by atoms with E-state index < -0.39 is 22.7 Å². The van der Waals surface area contributed by atoms with Gasteiger partial charge in [0, 0.05) is 23.2 Å². The van der Waals surface area contributed by atoms with Crippen LogP contribution in [0.3, 0.4) is 0 Å². The van der Waals surface area contributed by atoms with Gasteiger partial charge in [0.1, 0.15) is 12.1 Å². The van der Waals surface area contributed by atoms with Crippen molar-refractivity contribution in [1.82, 2.24) is 15.0 Å². The summed E-state index contributed by atoms with van der Waals surface area (Å²) in [5.41, 5.74) is 1.89. The van der Waals surface area contributed by atoms with Gasteiger partial charge in [-0.25, -0.2) is 23.5 Å². The van der Waals surface area contributed by atoms with Crippen molar-refractivity contribution in [2.75, 3.05) is 17.2 Å². The Hall–Kier alpha value is -2.70. The molecular formula is C19H18ClF3N6O2S. The van der Waals surface area contributed by atoms with Crippen LogP contribution < -0.4 is 15.8 Å². The molecule has 1 aliphatic rings. The molecule has 8 nitrogen and oxygen atoms in total. The van der Waals surface area contributed by atoms with Crippen LogP contribution in [-0.4, -0.2) is 36.1 Å². The number of aromatic nitrogens is 3. The molecule has 0 spiro atoms. The van der Waals surface area contributed by atoms with Gasteiger partial charge in [-0.15, -0.1) is 0 Å². The molecule has 4 rings (SSSR count). The van der Waals surface area contributed by atoms with Crippen molar-refractivity contribution >= 4 is 44.4 Å². The van der Waals surface area contributed by atoms with Crippen molar-refractivity contribution in [2.45, 2.75) is 36.4 Å². The number of nitrogens with zero attached hydrogens (tertiary/aromatic N) is 3. The van der Waals surface area contributed by atoms with Crippen LogP contribution in [0.2, 0.25) is 5.02 Å². The Labute approximate surface area is 186 Å². The molecule has 1 fully saturated rings. The highest BCUT2D eigenvalue weighted by Crippen LogP contribution is 2.39. The summed E-state index contributed by atoms with van der Waals surface area (Å²) in [4.78, 5) is 12.8. The number of rotatable bonds is 7. The molecule has 0 unspecified atom stereocenters. The summed E-state index contributed by atoms with van der Waals surface area (Å²) < 4.78 is 61.6.